The minimum atomic E-state index is -0.297. The molecule has 1 rings (SSSR count). The van der Waals surface area contributed by atoms with Crippen LogP contribution in [0.3, 0.4) is 0 Å². The van der Waals surface area contributed by atoms with Gasteiger partial charge in [-0.05, 0) is 24.8 Å². The SMILES string of the molecule is CCC1=CC(=O)C(CC(=O)OC)CC1C. The van der Waals surface area contributed by atoms with Crippen LogP contribution in [0, 0.1) is 11.8 Å². The van der Waals surface area contributed by atoms with Crippen LogP contribution >= 0.6 is 0 Å². The molecule has 0 amide bonds. The minimum absolute atomic E-state index is 0.0790. The van der Waals surface area contributed by atoms with E-state index in [4.69, 9.17) is 0 Å². The minimum Gasteiger partial charge on any atom is -0.469 e. The Bertz CT molecular complexity index is 291. The van der Waals surface area contributed by atoms with Gasteiger partial charge < -0.3 is 4.74 Å². The van der Waals surface area contributed by atoms with Crippen molar-refractivity contribution in [3.8, 4) is 0 Å². The van der Waals surface area contributed by atoms with E-state index in [9.17, 15) is 9.59 Å². The van der Waals surface area contributed by atoms with Gasteiger partial charge in [0, 0.05) is 5.92 Å². The molecule has 3 heteroatoms. The zero-order valence-corrected chi connectivity index (χ0v) is 9.58. The lowest BCUT2D eigenvalue weighted by molar-refractivity contribution is -0.143. The maximum absolute atomic E-state index is 11.7. The molecule has 2 unspecified atom stereocenters. The van der Waals surface area contributed by atoms with E-state index in [-0.39, 0.29) is 24.1 Å². The maximum atomic E-state index is 11.7. The van der Waals surface area contributed by atoms with Crippen molar-refractivity contribution in [2.75, 3.05) is 7.11 Å². The van der Waals surface area contributed by atoms with Crippen molar-refractivity contribution in [3.63, 3.8) is 0 Å². The summed E-state index contributed by atoms with van der Waals surface area (Å²) < 4.78 is 4.58. The first kappa shape index (κ1) is 12.0. The molecule has 3 nitrogen and oxygen atoms in total. The Kier molecular flexibility index (Phi) is 4.06. The maximum Gasteiger partial charge on any atom is 0.306 e. The summed E-state index contributed by atoms with van der Waals surface area (Å²) in [6.07, 6.45) is 3.61. The molecule has 0 N–H and O–H groups in total. The fourth-order valence-corrected chi connectivity index (χ4v) is 2.06. The van der Waals surface area contributed by atoms with E-state index in [2.05, 4.69) is 18.6 Å². The summed E-state index contributed by atoms with van der Waals surface area (Å²) in [4.78, 5) is 22.8. The van der Waals surface area contributed by atoms with Crippen LogP contribution < -0.4 is 0 Å². The van der Waals surface area contributed by atoms with Gasteiger partial charge in [0.1, 0.15) is 0 Å². The molecular formula is C12H18O3. The fraction of sp³-hybridized carbons (Fsp3) is 0.667. The molecule has 0 saturated carbocycles. The zero-order chi connectivity index (χ0) is 11.4. The lowest BCUT2D eigenvalue weighted by atomic mass is 9.79. The summed E-state index contributed by atoms with van der Waals surface area (Å²) in [6.45, 7) is 4.16. The molecule has 0 spiro atoms. The van der Waals surface area contributed by atoms with Crippen molar-refractivity contribution in [1.29, 1.82) is 0 Å². The largest absolute Gasteiger partial charge is 0.469 e. The van der Waals surface area contributed by atoms with Crippen LogP contribution in [0.5, 0.6) is 0 Å². The van der Waals surface area contributed by atoms with Crippen molar-refractivity contribution in [2.24, 2.45) is 11.8 Å². The van der Waals surface area contributed by atoms with E-state index >= 15 is 0 Å². The number of allylic oxidation sites excluding steroid dienone is 2. The van der Waals surface area contributed by atoms with Gasteiger partial charge in [0.2, 0.25) is 0 Å². The van der Waals surface area contributed by atoms with Gasteiger partial charge in [-0.3, -0.25) is 9.59 Å². The van der Waals surface area contributed by atoms with Crippen molar-refractivity contribution >= 4 is 11.8 Å². The van der Waals surface area contributed by atoms with Gasteiger partial charge >= 0.3 is 5.97 Å². The van der Waals surface area contributed by atoms with Gasteiger partial charge in [-0.2, -0.15) is 0 Å². The summed E-state index contributed by atoms with van der Waals surface area (Å²) in [5.41, 5.74) is 1.20. The first-order valence-electron chi connectivity index (χ1n) is 5.39. The molecule has 0 aliphatic heterocycles. The molecule has 0 saturated heterocycles. The Hall–Kier alpha value is -1.12. The Morgan fingerprint density at radius 1 is 1.60 bits per heavy atom. The molecule has 0 radical (unpaired) electrons. The van der Waals surface area contributed by atoms with E-state index in [1.807, 2.05) is 0 Å². The third kappa shape index (κ3) is 2.91. The predicted molar refractivity (Wildman–Crippen MR) is 57.3 cm³/mol. The summed E-state index contributed by atoms with van der Waals surface area (Å²) in [5.74, 6) is 0.00866. The van der Waals surface area contributed by atoms with E-state index in [1.165, 1.54) is 12.7 Å². The molecule has 1 aliphatic carbocycles. The normalized spacial score (nSPS) is 26.1. The number of methoxy groups -OCH3 is 1. The van der Waals surface area contributed by atoms with Crippen molar-refractivity contribution in [2.45, 2.75) is 33.1 Å². The Labute approximate surface area is 90.5 Å². The number of ether oxygens (including phenoxy) is 1. The van der Waals surface area contributed by atoms with Gasteiger partial charge in [-0.15, -0.1) is 0 Å². The van der Waals surface area contributed by atoms with Crippen molar-refractivity contribution in [3.05, 3.63) is 11.6 Å². The third-order valence-corrected chi connectivity index (χ3v) is 3.05. The van der Waals surface area contributed by atoms with E-state index in [0.717, 1.165) is 12.8 Å². The number of rotatable bonds is 3. The highest BCUT2D eigenvalue weighted by molar-refractivity contribution is 5.95. The van der Waals surface area contributed by atoms with Crippen molar-refractivity contribution < 1.29 is 14.3 Å². The molecule has 2 atom stereocenters. The van der Waals surface area contributed by atoms with Crippen LogP contribution in [0.4, 0.5) is 0 Å². The monoisotopic (exact) mass is 210 g/mol. The number of hydrogen-bond acceptors (Lipinski definition) is 3. The van der Waals surface area contributed by atoms with Crippen LogP contribution in [0.2, 0.25) is 0 Å². The Balaban J connectivity index is 2.68. The molecule has 0 bridgehead atoms. The molecule has 0 heterocycles. The van der Waals surface area contributed by atoms with E-state index < -0.39 is 0 Å². The predicted octanol–water partition coefficient (Wildman–Crippen LogP) is 2.11. The molecule has 0 aromatic heterocycles. The second-order valence-electron chi connectivity index (χ2n) is 4.09. The van der Waals surface area contributed by atoms with Crippen LogP contribution in [0.1, 0.15) is 33.1 Å². The van der Waals surface area contributed by atoms with Gasteiger partial charge in [-0.25, -0.2) is 0 Å². The highest BCUT2D eigenvalue weighted by Gasteiger charge is 2.28. The Morgan fingerprint density at radius 3 is 2.80 bits per heavy atom. The number of hydrogen-bond donors (Lipinski definition) is 0. The van der Waals surface area contributed by atoms with Crippen LogP contribution in [0.15, 0.2) is 11.6 Å². The number of esters is 1. The molecule has 15 heavy (non-hydrogen) atoms. The zero-order valence-electron chi connectivity index (χ0n) is 9.58. The quantitative estimate of drug-likeness (QED) is 0.670. The van der Waals surface area contributed by atoms with Crippen LogP contribution in [-0.2, 0) is 14.3 Å². The second kappa shape index (κ2) is 5.10. The molecule has 84 valence electrons. The molecule has 1 aliphatic rings. The average molecular weight is 210 g/mol. The smallest absolute Gasteiger partial charge is 0.306 e. The van der Waals surface area contributed by atoms with Gasteiger partial charge in [-0.1, -0.05) is 19.4 Å². The number of ketones is 1. The lowest BCUT2D eigenvalue weighted by Crippen LogP contribution is -2.25. The van der Waals surface area contributed by atoms with Crippen LogP contribution in [-0.4, -0.2) is 18.9 Å². The van der Waals surface area contributed by atoms with Crippen molar-refractivity contribution in [1.82, 2.24) is 0 Å². The number of carbonyl (C=O) groups excluding carboxylic acids is 2. The second-order valence-corrected chi connectivity index (χ2v) is 4.09. The lowest BCUT2D eigenvalue weighted by Gasteiger charge is -2.25. The molecule has 0 aromatic carbocycles. The first-order chi connectivity index (χ1) is 7.08. The number of carbonyl (C=O) groups is 2. The highest BCUT2D eigenvalue weighted by Crippen LogP contribution is 2.30. The fourth-order valence-electron chi connectivity index (χ4n) is 2.06. The topological polar surface area (TPSA) is 43.4 Å². The Morgan fingerprint density at radius 2 is 2.27 bits per heavy atom. The van der Waals surface area contributed by atoms with Gasteiger partial charge in [0.25, 0.3) is 0 Å². The molecular weight excluding hydrogens is 192 g/mol. The van der Waals surface area contributed by atoms with E-state index in [0.29, 0.717) is 5.92 Å². The highest BCUT2D eigenvalue weighted by atomic mass is 16.5. The first-order valence-corrected chi connectivity index (χ1v) is 5.39. The van der Waals surface area contributed by atoms with Crippen LogP contribution in [0.25, 0.3) is 0 Å². The van der Waals surface area contributed by atoms with E-state index in [1.54, 1.807) is 6.08 Å². The summed E-state index contributed by atoms with van der Waals surface area (Å²) in [7, 11) is 1.35. The average Bonchev–Trinajstić information content (AvgIpc) is 2.22. The molecule has 0 fully saturated rings. The summed E-state index contributed by atoms with van der Waals surface area (Å²) in [5, 5.41) is 0. The third-order valence-electron chi connectivity index (χ3n) is 3.05. The van der Waals surface area contributed by atoms with Gasteiger partial charge in [0.05, 0.1) is 13.5 Å². The standard InChI is InChI=1S/C12H18O3/c1-4-9-6-11(13)10(5-8(9)2)7-12(14)15-3/h6,8,10H,4-5,7H2,1-3H3. The molecule has 0 aromatic rings. The van der Waals surface area contributed by atoms with Gasteiger partial charge in [0.15, 0.2) is 5.78 Å². The summed E-state index contributed by atoms with van der Waals surface area (Å²) >= 11 is 0. The summed E-state index contributed by atoms with van der Waals surface area (Å²) in [6, 6.07) is 0.